The summed E-state index contributed by atoms with van der Waals surface area (Å²) in [6.07, 6.45) is 1.21. The van der Waals surface area contributed by atoms with Crippen molar-refractivity contribution in [2.24, 2.45) is 17.8 Å². The van der Waals surface area contributed by atoms with E-state index in [4.69, 9.17) is 0 Å². The van der Waals surface area contributed by atoms with Gasteiger partial charge in [0.05, 0.1) is 0 Å². The van der Waals surface area contributed by atoms with Gasteiger partial charge >= 0.3 is 0 Å². The maximum Gasteiger partial charge on any atom is -0.000935 e. The predicted octanol–water partition coefficient (Wildman–Crippen LogP) is 4.54. The molecule has 15 heavy (non-hydrogen) atoms. The van der Waals surface area contributed by atoms with E-state index in [9.17, 15) is 0 Å². The zero-order valence-electron chi connectivity index (χ0n) is 10.9. The number of hydrogen-bond donors (Lipinski definition) is 0. The highest BCUT2D eigenvalue weighted by Gasteiger charge is 2.42. The molecule has 2 aliphatic carbocycles. The average molecular weight is 203 g/mol. The van der Waals surface area contributed by atoms with Crippen molar-refractivity contribution < 1.29 is 0 Å². The van der Waals surface area contributed by atoms with Crippen molar-refractivity contribution in [3.63, 3.8) is 0 Å². The minimum absolute atomic E-state index is 0.699. The molecule has 0 saturated heterocycles. The number of allylic oxidation sites excluding steroid dienone is 4. The van der Waals surface area contributed by atoms with Gasteiger partial charge in [0.25, 0.3) is 0 Å². The minimum Gasteiger partial charge on any atom is -0.0629 e. The lowest BCUT2D eigenvalue weighted by molar-refractivity contribution is 0.583. The predicted molar refractivity (Wildman–Crippen MR) is 66.4 cm³/mol. The Morgan fingerprint density at radius 1 is 0.933 bits per heavy atom. The first-order valence-corrected chi connectivity index (χ1v) is 6.27. The van der Waals surface area contributed by atoms with Crippen LogP contribution in [0.1, 0.15) is 48.0 Å². The van der Waals surface area contributed by atoms with Crippen molar-refractivity contribution in [2.75, 3.05) is 0 Å². The fourth-order valence-electron chi connectivity index (χ4n) is 3.55. The summed E-state index contributed by atoms with van der Waals surface area (Å²) in [5, 5.41) is 0. The van der Waals surface area contributed by atoms with Crippen LogP contribution in [0.3, 0.4) is 0 Å². The first kappa shape index (κ1) is 11.0. The summed E-state index contributed by atoms with van der Waals surface area (Å²) in [5.41, 5.74) is 6.73. The quantitative estimate of drug-likeness (QED) is 0.587. The first-order valence-electron chi connectivity index (χ1n) is 6.27. The summed E-state index contributed by atoms with van der Waals surface area (Å²) in [4.78, 5) is 0. The molecule has 0 saturated carbocycles. The van der Waals surface area contributed by atoms with E-state index in [0.29, 0.717) is 17.8 Å². The highest BCUT2D eigenvalue weighted by Crippen LogP contribution is 2.55. The van der Waals surface area contributed by atoms with Crippen molar-refractivity contribution in [1.82, 2.24) is 0 Å². The van der Waals surface area contributed by atoms with Crippen LogP contribution in [-0.4, -0.2) is 0 Å². The Balaban J connectivity index is 2.49. The summed E-state index contributed by atoms with van der Waals surface area (Å²) >= 11 is 0. The molecule has 83 valence electrons. The molecule has 0 heterocycles. The fourth-order valence-corrected chi connectivity index (χ4v) is 3.55. The van der Waals surface area contributed by atoms with E-state index >= 15 is 0 Å². The summed E-state index contributed by atoms with van der Waals surface area (Å²) in [5.74, 6) is 3.78. The SMILES string of the molecule is CCC1=C(C)C(C)C2=C1C(C)[C](C)C2C. The summed E-state index contributed by atoms with van der Waals surface area (Å²) < 4.78 is 0. The van der Waals surface area contributed by atoms with E-state index in [1.54, 1.807) is 28.2 Å². The van der Waals surface area contributed by atoms with Gasteiger partial charge in [-0.25, -0.2) is 0 Å². The Morgan fingerprint density at radius 3 is 2.07 bits per heavy atom. The van der Waals surface area contributed by atoms with Crippen LogP contribution in [-0.2, 0) is 0 Å². The Hall–Kier alpha value is -0.520. The van der Waals surface area contributed by atoms with Crippen LogP contribution in [0.15, 0.2) is 22.3 Å². The summed E-state index contributed by atoms with van der Waals surface area (Å²) in [6.45, 7) is 14.1. The maximum atomic E-state index is 2.39. The van der Waals surface area contributed by atoms with E-state index in [1.165, 1.54) is 6.42 Å². The van der Waals surface area contributed by atoms with Gasteiger partial charge in [-0.15, -0.1) is 0 Å². The molecule has 0 fully saturated rings. The van der Waals surface area contributed by atoms with Gasteiger partial charge in [0.1, 0.15) is 0 Å². The van der Waals surface area contributed by atoms with Crippen LogP contribution in [0.4, 0.5) is 0 Å². The van der Waals surface area contributed by atoms with Crippen molar-refractivity contribution in [2.45, 2.75) is 48.0 Å². The molecule has 0 amide bonds. The fraction of sp³-hybridized carbons (Fsp3) is 0.667. The van der Waals surface area contributed by atoms with Crippen LogP contribution in [0.2, 0.25) is 0 Å². The molecule has 0 bridgehead atoms. The molecule has 0 heteroatoms. The van der Waals surface area contributed by atoms with Gasteiger partial charge in [-0.1, -0.05) is 45.8 Å². The number of rotatable bonds is 1. The lowest BCUT2D eigenvalue weighted by atomic mass is 9.82. The van der Waals surface area contributed by atoms with Gasteiger partial charge < -0.3 is 0 Å². The molecule has 0 aromatic rings. The molecule has 1 radical (unpaired) electrons. The third-order valence-electron chi connectivity index (χ3n) is 4.85. The van der Waals surface area contributed by atoms with E-state index in [-0.39, 0.29) is 0 Å². The largest absolute Gasteiger partial charge is 0.0629 e. The average Bonchev–Trinajstić information content (AvgIpc) is 2.59. The van der Waals surface area contributed by atoms with Gasteiger partial charge in [0.15, 0.2) is 0 Å². The zero-order chi connectivity index (χ0) is 11.3. The van der Waals surface area contributed by atoms with Crippen LogP contribution in [0.25, 0.3) is 0 Å². The van der Waals surface area contributed by atoms with Gasteiger partial charge in [0, 0.05) is 0 Å². The third kappa shape index (κ3) is 1.26. The Morgan fingerprint density at radius 2 is 1.53 bits per heavy atom. The highest BCUT2D eigenvalue weighted by atomic mass is 14.5. The Labute approximate surface area is 94.5 Å². The third-order valence-corrected chi connectivity index (χ3v) is 4.85. The van der Waals surface area contributed by atoms with Crippen molar-refractivity contribution >= 4 is 0 Å². The normalized spacial score (nSPS) is 36.8. The lowest BCUT2D eigenvalue weighted by Gasteiger charge is -2.22. The first-order chi connectivity index (χ1) is 7.00. The van der Waals surface area contributed by atoms with Gasteiger partial charge in [0.2, 0.25) is 0 Å². The molecule has 2 aliphatic rings. The van der Waals surface area contributed by atoms with Crippen LogP contribution in [0, 0.1) is 23.7 Å². The molecule has 3 atom stereocenters. The second-order valence-electron chi connectivity index (χ2n) is 5.29. The minimum atomic E-state index is 0.699. The van der Waals surface area contributed by atoms with E-state index in [1.807, 2.05) is 0 Å². The van der Waals surface area contributed by atoms with Crippen LogP contribution in [0.5, 0.6) is 0 Å². The van der Waals surface area contributed by atoms with E-state index in [0.717, 1.165) is 0 Å². The van der Waals surface area contributed by atoms with Crippen LogP contribution < -0.4 is 0 Å². The topological polar surface area (TPSA) is 0 Å². The second-order valence-corrected chi connectivity index (χ2v) is 5.29. The molecule has 0 nitrogen and oxygen atoms in total. The molecule has 0 spiro atoms. The standard InChI is InChI=1S/C15H23/c1-7-13-9(3)12(6)14-10(4)8(2)11(5)15(13)14/h10-12H,7H2,1-6H3. The van der Waals surface area contributed by atoms with Crippen LogP contribution >= 0.6 is 0 Å². The van der Waals surface area contributed by atoms with E-state index < -0.39 is 0 Å². The number of hydrogen-bond acceptors (Lipinski definition) is 0. The van der Waals surface area contributed by atoms with Crippen molar-refractivity contribution in [3.8, 4) is 0 Å². The maximum absolute atomic E-state index is 2.39. The smallest absolute Gasteiger partial charge is 0.000935 e. The summed E-state index contributed by atoms with van der Waals surface area (Å²) in [6, 6.07) is 0. The van der Waals surface area contributed by atoms with E-state index in [2.05, 4.69) is 41.5 Å². The Bertz CT molecular complexity index is 343. The van der Waals surface area contributed by atoms with Crippen molar-refractivity contribution in [3.05, 3.63) is 28.2 Å². The molecule has 3 unspecified atom stereocenters. The molecular weight excluding hydrogens is 180 g/mol. The zero-order valence-corrected chi connectivity index (χ0v) is 10.9. The summed E-state index contributed by atoms with van der Waals surface area (Å²) in [7, 11) is 0. The molecular formula is C15H23. The molecule has 0 aliphatic heterocycles. The molecule has 2 rings (SSSR count). The Kier molecular flexibility index (Phi) is 2.56. The van der Waals surface area contributed by atoms with Crippen molar-refractivity contribution in [1.29, 1.82) is 0 Å². The second kappa shape index (κ2) is 3.50. The lowest BCUT2D eigenvalue weighted by Crippen LogP contribution is -2.12. The molecule has 0 aromatic carbocycles. The molecule has 0 aromatic heterocycles. The van der Waals surface area contributed by atoms with Gasteiger partial charge in [-0.3, -0.25) is 0 Å². The highest BCUT2D eigenvalue weighted by molar-refractivity contribution is 5.56. The monoisotopic (exact) mass is 203 g/mol. The van der Waals surface area contributed by atoms with Gasteiger partial charge in [-0.2, -0.15) is 0 Å². The van der Waals surface area contributed by atoms with Gasteiger partial charge in [-0.05, 0) is 48.2 Å². The molecule has 0 N–H and O–H groups in total.